The summed E-state index contributed by atoms with van der Waals surface area (Å²) in [5, 5.41) is 1.85. The van der Waals surface area contributed by atoms with Crippen LogP contribution in [0.5, 0.6) is 0 Å². The molecule has 3 nitrogen and oxygen atoms in total. The van der Waals surface area contributed by atoms with E-state index in [9.17, 15) is 4.79 Å². The smallest absolute Gasteiger partial charge is 0.357 e. The van der Waals surface area contributed by atoms with Crippen LogP contribution in [0.3, 0.4) is 0 Å². The number of aryl methyl sites for hydroxylation is 3. The highest BCUT2D eigenvalue weighted by atomic mass is 16.7. The Hall–Kier alpha value is -2.13. The predicted octanol–water partition coefficient (Wildman–Crippen LogP) is 5.17. The van der Waals surface area contributed by atoms with Crippen molar-refractivity contribution in [1.29, 1.82) is 0 Å². The highest BCUT2D eigenvalue weighted by molar-refractivity contribution is 5.92. The molecule has 132 valence electrons. The summed E-state index contributed by atoms with van der Waals surface area (Å²) >= 11 is 0. The van der Waals surface area contributed by atoms with E-state index < -0.39 is 0 Å². The van der Waals surface area contributed by atoms with Crippen LogP contribution in [0.4, 0.5) is 0 Å². The lowest BCUT2D eigenvalue weighted by Crippen LogP contribution is -2.46. The first-order valence-electron chi connectivity index (χ1n) is 8.77. The minimum atomic E-state index is -0.387. The summed E-state index contributed by atoms with van der Waals surface area (Å²) < 4.78 is 0. The third kappa shape index (κ3) is 2.67. The van der Waals surface area contributed by atoms with Gasteiger partial charge in [-0.15, -0.1) is 5.06 Å². The van der Waals surface area contributed by atoms with Crippen molar-refractivity contribution in [2.75, 3.05) is 0 Å². The normalized spacial score (nSPS) is 18.0. The van der Waals surface area contributed by atoms with Gasteiger partial charge in [0.15, 0.2) is 0 Å². The summed E-state index contributed by atoms with van der Waals surface area (Å²) in [7, 11) is 0. The molecule has 2 aromatic rings. The van der Waals surface area contributed by atoms with Crippen LogP contribution in [0.25, 0.3) is 0 Å². The van der Waals surface area contributed by atoms with E-state index in [2.05, 4.69) is 39.8 Å². The van der Waals surface area contributed by atoms with Crippen LogP contribution in [0, 0.1) is 20.8 Å². The first-order valence-corrected chi connectivity index (χ1v) is 8.77. The van der Waals surface area contributed by atoms with Gasteiger partial charge in [0, 0.05) is 0 Å². The predicted molar refractivity (Wildman–Crippen MR) is 100 cm³/mol. The maximum Gasteiger partial charge on any atom is 0.357 e. The quantitative estimate of drug-likeness (QED) is 0.757. The Balaban J connectivity index is 2.00. The van der Waals surface area contributed by atoms with Gasteiger partial charge in [-0.25, -0.2) is 4.79 Å². The van der Waals surface area contributed by atoms with Gasteiger partial charge in [-0.2, -0.15) is 0 Å². The number of fused-ring (bicyclic) bond motifs is 1. The van der Waals surface area contributed by atoms with Gasteiger partial charge in [-0.05, 0) is 70.7 Å². The van der Waals surface area contributed by atoms with Gasteiger partial charge in [0.05, 0.1) is 16.6 Å². The fraction of sp³-hybridized carbons (Fsp3) is 0.409. The topological polar surface area (TPSA) is 29.5 Å². The summed E-state index contributed by atoms with van der Waals surface area (Å²) in [5.41, 5.74) is 5.35. The maximum atomic E-state index is 13.0. The summed E-state index contributed by atoms with van der Waals surface area (Å²) in [6.07, 6.45) is 0. The number of hydrogen-bond acceptors (Lipinski definition) is 3. The fourth-order valence-corrected chi connectivity index (χ4v) is 4.33. The lowest BCUT2D eigenvalue weighted by Gasteiger charge is -2.38. The molecule has 1 heterocycles. The van der Waals surface area contributed by atoms with E-state index in [0.717, 1.165) is 16.7 Å². The molecule has 0 aliphatic carbocycles. The Bertz CT molecular complexity index is 791. The summed E-state index contributed by atoms with van der Waals surface area (Å²) in [6.45, 7) is 14.4. The first kappa shape index (κ1) is 17.7. The highest BCUT2D eigenvalue weighted by Crippen LogP contribution is 2.49. The van der Waals surface area contributed by atoms with Gasteiger partial charge in [0.25, 0.3) is 0 Å². The molecule has 3 heteroatoms. The fourth-order valence-electron chi connectivity index (χ4n) is 4.33. The Morgan fingerprint density at radius 2 is 1.32 bits per heavy atom. The Morgan fingerprint density at radius 1 is 0.880 bits per heavy atom. The van der Waals surface area contributed by atoms with Crippen molar-refractivity contribution in [2.24, 2.45) is 0 Å². The van der Waals surface area contributed by atoms with Gasteiger partial charge in [0.1, 0.15) is 0 Å². The molecule has 0 saturated heterocycles. The summed E-state index contributed by atoms with van der Waals surface area (Å²) in [6, 6.07) is 12.4. The van der Waals surface area contributed by atoms with Crippen molar-refractivity contribution < 1.29 is 9.63 Å². The van der Waals surface area contributed by atoms with Crippen LogP contribution < -0.4 is 0 Å². The van der Waals surface area contributed by atoms with Crippen molar-refractivity contribution in [3.63, 3.8) is 0 Å². The van der Waals surface area contributed by atoms with Crippen LogP contribution in [0.1, 0.15) is 65.9 Å². The number of hydroxylamine groups is 2. The van der Waals surface area contributed by atoms with Gasteiger partial charge in [0.2, 0.25) is 0 Å². The van der Waals surface area contributed by atoms with E-state index >= 15 is 0 Å². The molecular formula is C22H27NO2. The first-order chi connectivity index (χ1) is 11.6. The van der Waals surface area contributed by atoms with E-state index in [1.807, 2.05) is 50.1 Å². The number of carbonyl (C=O) groups is 1. The number of hydrogen-bond donors (Lipinski definition) is 0. The summed E-state index contributed by atoms with van der Waals surface area (Å²) in [4.78, 5) is 19.0. The molecule has 1 aliphatic heterocycles. The molecule has 0 saturated carbocycles. The molecule has 0 spiro atoms. The maximum absolute atomic E-state index is 13.0. The van der Waals surface area contributed by atoms with E-state index in [1.54, 1.807) is 0 Å². The second kappa shape index (κ2) is 5.70. The monoisotopic (exact) mass is 337 g/mol. The molecule has 0 radical (unpaired) electrons. The number of carbonyl (C=O) groups excluding carboxylic acids is 1. The van der Waals surface area contributed by atoms with Crippen LogP contribution in [0.15, 0.2) is 36.4 Å². The van der Waals surface area contributed by atoms with Crippen LogP contribution in [0.2, 0.25) is 0 Å². The Kier molecular flexibility index (Phi) is 4.03. The molecule has 3 rings (SSSR count). The van der Waals surface area contributed by atoms with Gasteiger partial charge in [-0.1, -0.05) is 42.0 Å². The van der Waals surface area contributed by atoms with E-state index in [-0.39, 0.29) is 17.0 Å². The molecule has 0 bridgehead atoms. The average Bonchev–Trinajstić information content (AvgIpc) is 2.65. The van der Waals surface area contributed by atoms with Crippen molar-refractivity contribution in [2.45, 2.75) is 59.5 Å². The third-order valence-electron chi connectivity index (χ3n) is 5.32. The molecule has 0 aromatic heterocycles. The van der Waals surface area contributed by atoms with E-state index in [1.165, 1.54) is 11.1 Å². The molecule has 0 unspecified atom stereocenters. The molecule has 0 amide bonds. The van der Waals surface area contributed by atoms with Gasteiger partial charge < -0.3 is 4.84 Å². The standard InChI is InChI=1S/C22H27NO2/c1-14-12-15(2)19(16(3)13-14)20(24)25-23-21(4,5)17-10-8-9-11-18(17)22(23,6)7/h8-13H,1-7H3. The number of benzene rings is 2. The zero-order valence-electron chi connectivity index (χ0n) is 16.2. The largest absolute Gasteiger partial charge is 0.362 e. The summed E-state index contributed by atoms with van der Waals surface area (Å²) in [5.74, 6) is -0.288. The number of nitrogens with zero attached hydrogens (tertiary/aromatic N) is 1. The lowest BCUT2D eigenvalue weighted by molar-refractivity contribution is -0.217. The zero-order valence-corrected chi connectivity index (χ0v) is 16.2. The van der Waals surface area contributed by atoms with Crippen LogP contribution in [-0.4, -0.2) is 11.0 Å². The van der Waals surface area contributed by atoms with Crippen LogP contribution in [-0.2, 0) is 15.9 Å². The molecule has 2 aromatic carbocycles. The molecule has 0 fully saturated rings. The minimum absolute atomic E-state index is 0.288. The van der Waals surface area contributed by atoms with Gasteiger partial charge >= 0.3 is 5.97 Å². The molecule has 0 atom stereocenters. The highest BCUT2D eigenvalue weighted by Gasteiger charge is 2.51. The lowest BCUT2D eigenvalue weighted by atomic mass is 9.91. The van der Waals surface area contributed by atoms with Gasteiger partial charge in [-0.3, -0.25) is 0 Å². The van der Waals surface area contributed by atoms with Crippen molar-refractivity contribution in [1.82, 2.24) is 5.06 Å². The Labute approximate surface area is 150 Å². The molecule has 0 N–H and O–H groups in total. The van der Waals surface area contributed by atoms with Crippen molar-refractivity contribution >= 4 is 5.97 Å². The van der Waals surface area contributed by atoms with E-state index in [4.69, 9.17) is 4.84 Å². The second-order valence-electron chi connectivity index (χ2n) is 8.11. The van der Waals surface area contributed by atoms with E-state index in [0.29, 0.717) is 5.56 Å². The molecule has 1 aliphatic rings. The average molecular weight is 337 g/mol. The Morgan fingerprint density at radius 3 is 1.76 bits per heavy atom. The van der Waals surface area contributed by atoms with Crippen molar-refractivity contribution in [3.8, 4) is 0 Å². The zero-order chi connectivity index (χ0) is 18.6. The molecule has 25 heavy (non-hydrogen) atoms. The SMILES string of the molecule is Cc1cc(C)c(C(=O)ON2C(C)(C)c3ccccc3C2(C)C)c(C)c1. The third-order valence-corrected chi connectivity index (χ3v) is 5.32. The second-order valence-corrected chi connectivity index (χ2v) is 8.11. The van der Waals surface area contributed by atoms with Crippen LogP contribution >= 0.6 is 0 Å². The number of rotatable bonds is 2. The van der Waals surface area contributed by atoms with Crippen molar-refractivity contribution in [3.05, 3.63) is 69.8 Å². The minimum Gasteiger partial charge on any atom is -0.362 e. The molecular weight excluding hydrogens is 310 g/mol.